The number of aliphatic hydroxyl groups is 1. The monoisotopic (exact) mass is 402 g/mol. The minimum atomic E-state index is -0.749. The van der Waals surface area contributed by atoms with Gasteiger partial charge in [-0.3, -0.25) is 0 Å². The van der Waals surface area contributed by atoms with Crippen LogP contribution in [-0.2, 0) is 24.1 Å². The van der Waals surface area contributed by atoms with Crippen molar-refractivity contribution >= 4 is 0 Å². The molecule has 3 rings (SSSR count). The number of rotatable bonds is 9. The van der Waals surface area contributed by atoms with Crippen molar-refractivity contribution in [3.8, 4) is 0 Å². The first kappa shape index (κ1) is 21.3. The summed E-state index contributed by atoms with van der Waals surface area (Å²) < 4.78 is 32.6. The van der Waals surface area contributed by atoms with E-state index in [9.17, 15) is 13.9 Å². The van der Waals surface area contributed by atoms with E-state index >= 15 is 0 Å². The third kappa shape index (κ3) is 5.78. The second-order valence-electron chi connectivity index (χ2n) is 7.45. The Balaban J connectivity index is 1.67. The number of benzene rings is 2. The average Bonchev–Trinajstić information content (AvgIpc) is 3.11. The summed E-state index contributed by atoms with van der Waals surface area (Å²) in [4.78, 5) is 1.92. The van der Waals surface area contributed by atoms with Crippen molar-refractivity contribution < 1.29 is 18.6 Å². The maximum Gasteiger partial charge on any atom is 0.160 e. The maximum absolute atomic E-state index is 13.6. The molecular formula is C23H28F2N2O2. The highest BCUT2D eigenvalue weighted by molar-refractivity contribution is 5.23. The Labute approximate surface area is 170 Å². The van der Waals surface area contributed by atoms with E-state index in [-0.39, 0.29) is 6.04 Å². The standard InChI is InChI=1S/C23H28F2N2O2/c1-3-17-5-4-6-18(7-17)12-26-13-23(28)22(27-15-29-14-16(27)2)10-19-8-20(24)11-21(25)9-19/h4-9,11,14,22-23,26,28H,3,10,12-13,15H2,1-2H3/t22-,23+/m0/s1. The maximum atomic E-state index is 13.6. The van der Waals surface area contributed by atoms with Gasteiger partial charge in [0.15, 0.2) is 6.73 Å². The Morgan fingerprint density at radius 2 is 1.83 bits per heavy atom. The second-order valence-corrected chi connectivity index (χ2v) is 7.45. The van der Waals surface area contributed by atoms with Crippen molar-refractivity contribution in [1.82, 2.24) is 10.2 Å². The minimum absolute atomic E-state index is 0.303. The lowest BCUT2D eigenvalue weighted by atomic mass is 9.99. The summed E-state index contributed by atoms with van der Waals surface area (Å²) in [5.41, 5.74) is 3.80. The Hall–Kier alpha value is -2.44. The van der Waals surface area contributed by atoms with Crippen LogP contribution in [0.4, 0.5) is 8.78 Å². The summed E-state index contributed by atoms with van der Waals surface area (Å²) >= 11 is 0. The van der Waals surface area contributed by atoms with E-state index in [0.29, 0.717) is 31.8 Å². The normalized spacial score (nSPS) is 15.8. The van der Waals surface area contributed by atoms with Crippen LogP contribution in [0.5, 0.6) is 0 Å². The van der Waals surface area contributed by atoms with Gasteiger partial charge in [-0.1, -0.05) is 31.2 Å². The molecule has 6 heteroatoms. The first-order valence-corrected chi connectivity index (χ1v) is 9.93. The van der Waals surface area contributed by atoms with E-state index in [1.54, 1.807) is 6.26 Å². The Morgan fingerprint density at radius 1 is 1.10 bits per heavy atom. The predicted molar refractivity (Wildman–Crippen MR) is 109 cm³/mol. The highest BCUT2D eigenvalue weighted by Crippen LogP contribution is 2.22. The van der Waals surface area contributed by atoms with E-state index in [1.807, 2.05) is 24.0 Å². The summed E-state index contributed by atoms with van der Waals surface area (Å²) in [6, 6.07) is 11.4. The number of ether oxygens (including phenoxy) is 1. The van der Waals surface area contributed by atoms with Gasteiger partial charge in [-0.15, -0.1) is 0 Å². The van der Waals surface area contributed by atoms with E-state index in [4.69, 9.17) is 4.74 Å². The fourth-order valence-electron chi connectivity index (χ4n) is 3.65. The van der Waals surface area contributed by atoms with Crippen molar-refractivity contribution in [3.05, 3.63) is 82.7 Å². The van der Waals surface area contributed by atoms with E-state index in [0.717, 1.165) is 23.7 Å². The Kier molecular flexibility index (Phi) is 7.23. The van der Waals surface area contributed by atoms with Gasteiger partial charge in [-0.05, 0) is 48.6 Å². The summed E-state index contributed by atoms with van der Waals surface area (Å²) in [5.74, 6) is -1.24. The van der Waals surface area contributed by atoms with Crippen molar-refractivity contribution in [2.24, 2.45) is 0 Å². The lowest BCUT2D eigenvalue weighted by Crippen LogP contribution is -2.47. The summed E-state index contributed by atoms with van der Waals surface area (Å²) in [6.45, 7) is 5.30. The van der Waals surface area contributed by atoms with Crippen LogP contribution in [0, 0.1) is 11.6 Å². The molecular weight excluding hydrogens is 374 g/mol. The molecule has 1 aliphatic rings. The number of aryl methyl sites for hydroxylation is 1. The van der Waals surface area contributed by atoms with Gasteiger partial charge in [0, 0.05) is 24.9 Å². The molecule has 0 unspecified atom stereocenters. The molecule has 29 heavy (non-hydrogen) atoms. The number of halogens is 2. The smallest absolute Gasteiger partial charge is 0.160 e. The van der Waals surface area contributed by atoms with Crippen molar-refractivity contribution in [1.29, 1.82) is 0 Å². The van der Waals surface area contributed by atoms with E-state index in [2.05, 4.69) is 24.4 Å². The van der Waals surface area contributed by atoms with Gasteiger partial charge in [0.25, 0.3) is 0 Å². The molecule has 0 aromatic heterocycles. The molecule has 0 fully saturated rings. The first-order chi connectivity index (χ1) is 14.0. The number of hydrogen-bond donors (Lipinski definition) is 2. The van der Waals surface area contributed by atoms with Crippen molar-refractivity contribution in [2.45, 2.75) is 45.4 Å². The number of hydrogen-bond acceptors (Lipinski definition) is 4. The zero-order valence-electron chi connectivity index (χ0n) is 16.9. The average molecular weight is 402 g/mol. The van der Waals surface area contributed by atoms with Gasteiger partial charge < -0.3 is 20.1 Å². The van der Waals surface area contributed by atoms with Crippen LogP contribution in [0.2, 0.25) is 0 Å². The quantitative estimate of drug-likeness (QED) is 0.671. The van der Waals surface area contributed by atoms with E-state index < -0.39 is 17.7 Å². The summed E-state index contributed by atoms with van der Waals surface area (Å²) in [5, 5.41) is 14.2. The van der Waals surface area contributed by atoms with Gasteiger partial charge in [-0.25, -0.2) is 8.78 Å². The molecule has 0 amide bonds. The van der Waals surface area contributed by atoms with Crippen LogP contribution in [0.3, 0.4) is 0 Å². The fourth-order valence-corrected chi connectivity index (χ4v) is 3.65. The molecule has 0 saturated heterocycles. The third-order valence-corrected chi connectivity index (χ3v) is 5.21. The van der Waals surface area contributed by atoms with Crippen LogP contribution in [0.25, 0.3) is 0 Å². The molecule has 4 nitrogen and oxygen atoms in total. The zero-order valence-corrected chi connectivity index (χ0v) is 16.9. The molecule has 2 N–H and O–H groups in total. The van der Waals surface area contributed by atoms with Gasteiger partial charge in [0.1, 0.15) is 17.9 Å². The zero-order chi connectivity index (χ0) is 20.8. The molecule has 0 radical (unpaired) electrons. The molecule has 156 valence electrons. The molecule has 1 aliphatic heterocycles. The molecule has 0 aliphatic carbocycles. The predicted octanol–water partition coefficient (Wildman–Crippen LogP) is 3.74. The fraction of sp³-hybridized carbons (Fsp3) is 0.391. The summed E-state index contributed by atoms with van der Waals surface area (Å²) in [6.07, 6.45) is 2.16. The number of nitrogens with one attached hydrogen (secondary N) is 1. The highest BCUT2D eigenvalue weighted by Gasteiger charge is 2.29. The van der Waals surface area contributed by atoms with Crippen molar-refractivity contribution in [3.63, 3.8) is 0 Å². The lowest BCUT2D eigenvalue weighted by Gasteiger charge is -2.33. The van der Waals surface area contributed by atoms with Crippen LogP contribution in [0.1, 0.15) is 30.5 Å². The van der Waals surface area contributed by atoms with Gasteiger partial charge in [0.05, 0.1) is 12.1 Å². The van der Waals surface area contributed by atoms with Crippen LogP contribution >= 0.6 is 0 Å². The molecule has 1 heterocycles. The number of nitrogens with zero attached hydrogens (tertiary/aromatic N) is 1. The molecule has 2 atom stereocenters. The van der Waals surface area contributed by atoms with E-state index in [1.165, 1.54) is 17.7 Å². The SMILES string of the molecule is CCc1cccc(CNC[C@@H](O)[C@H](Cc2cc(F)cc(F)c2)N2COC=C2C)c1. The Morgan fingerprint density at radius 3 is 2.48 bits per heavy atom. The van der Waals surface area contributed by atoms with Crippen LogP contribution in [0.15, 0.2) is 54.4 Å². The molecule has 2 aromatic carbocycles. The first-order valence-electron chi connectivity index (χ1n) is 9.93. The Bertz CT molecular complexity index is 836. The molecule has 2 aromatic rings. The molecule has 0 spiro atoms. The molecule has 0 bridgehead atoms. The number of aliphatic hydroxyl groups excluding tert-OH is 1. The van der Waals surface area contributed by atoms with Crippen LogP contribution < -0.4 is 5.32 Å². The van der Waals surface area contributed by atoms with Crippen molar-refractivity contribution in [2.75, 3.05) is 13.3 Å². The van der Waals surface area contributed by atoms with Gasteiger partial charge in [0.2, 0.25) is 0 Å². The second kappa shape index (κ2) is 9.85. The number of allylic oxidation sites excluding steroid dienone is 1. The van der Waals surface area contributed by atoms with Gasteiger partial charge in [-0.2, -0.15) is 0 Å². The summed E-state index contributed by atoms with van der Waals surface area (Å²) in [7, 11) is 0. The molecule has 0 saturated carbocycles. The minimum Gasteiger partial charge on any atom is -0.479 e. The van der Waals surface area contributed by atoms with Crippen LogP contribution in [-0.4, -0.2) is 35.4 Å². The highest BCUT2D eigenvalue weighted by atomic mass is 19.1. The third-order valence-electron chi connectivity index (χ3n) is 5.21. The van der Waals surface area contributed by atoms with Gasteiger partial charge >= 0.3 is 0 Å². The topological polar surface area (TPSA) is 44.7 Å². The largest absolute Gasteiger partial charge is 0.479 e. The lowest BCUT2D eigenvalue weighted by molar-refractivity contribution is 0.0382.